The molecule has 120 valence electrons. The summed E-state index contributed by atoms with van der Waals surface area (Å²) in [6, 6.07) is 0. The van der Waals surface area contributed by atoms with Crippen LogP contribution < -0.4 is 0 Å². The Morgan fingerprint density at radius 3 is 0.200 bits per heavy atom. The van der Waals surface area contributed by atoms with Gasteiger partial charge >= 0.3 is 0 Å². The van der Waals surface area contributed by atoms with Crippen molar-refractivity contribution in [1.29, 1.82) is 0 Å². The molecule has 0 aliphatic carbocycles. The molecule has 0 aliphatic rings. The summed E-state index contributed by atoms with van der Waals surface area (Å²) in [5.41, 5.74) is 0. The molecule has 0 saturated heterocycles. The van der Waals surface area contributed by atoms with Gasteiger partial charge in [0.1, 0.15) is 0 Å². The molecular weight excluding hydrogens is 360 g/mol. The molecule has 15 heteroatoms. The van der Waals surface area contributed by atoms with Gasteiger partial charge in [-0.1, -0.05) is 0 Å². The minimum Gasteiger partial charge on any atom is -0.457 e. The summed E-state index contributed by atoms with van der Waals surface area (Å²) >= 11 is 0. The van der Waals surface area contributed by atoms with E-state index in [1.807, 2.05) is 0 Å². The fourth-order valence-corrected chi connectivity index (χ4v) is 0. The summed E-state index contributed by atoms with van der Waals surface area (Å²) in [5.74, 6) is 0. The average Bonchev–Trinajstić information content (AvgIpc) is 0. The molecule has 0 atom stereocenters. The van der Waals surface area contributed by atoms with Crippen LogP contribution in [0.25, 0.3) is 0 Å². The first kappa shape index (κ1) is 3140. The normalized spacial score (nSPS) is 0. The molecule has 0 fully saturated rings. The first-order valence-corrected chi connectivity index (χ1v) is 0. The van der Waals surface area contributed by atoms with Crippen LogP contribution in [-0.4, -0.2) is 60.2 Å². The zero-order valence-corrected chi connectivity index (χ0v) is 10.5. The molecule has 0 heterocycles. The minimum absolute atomic E-state index is 0. The van der Waals surface area contributed by atoms with Gasteiger partial charge in [-0.2, -0.15) is 0 Å². The molecular formula is H25Fe3O12+. The fraction of sp³-hybridized carbons (Fsp3) is 0. The van der Waals surface area contributed by atoms with Gasteiger partial charge in [0, 0.05) is 51.2 Å². The maximum absolute atomic E-state index is 0. The van der Waals surface area contributed by atoms with Crippen LogP contribution in [0.3, 0.4) is 0 Å². The Labute approximate surface area is 117 Å². The molecule has 0 unspecified atom stereocenters. The molecule has 0 rings (SSSR count). The minimum atomic E-state index is 0. The number of hydrogen-bond donors (Lipinski definition) is 0. The van der Waals surface area contributed by atoms with Crippen LogP contribution in [0.15, 0.2) is 0 Å². The SMILES string of the molecule is O.O.O.O.O.O.O.O.O.O.O.[Fe].[Fe].[Fe].[OH3+]. The Kier molecular flexibility index (Phi) is 538000. The third-order valence-corrected chi connectivity index (χ3v) is 0. The van der Waals surface area contributed by atoms with Gasteiger partial charge in [-0.05, 0) is 0 Å². The van der Waals surface area contributed by atoms with Gasteiger partial charge in [-0.3, -0.25) is 0 Å². The summed E-state index contributed by atoms with van der Waals surface area (Å²) < 4.78 is 0. The number of hydrogen-bond acceptors (Lipinski definition) is 0. The van der Waals surface area contributed by atoms with Crippen LogP contribution in [0.1, 0.15) is 0 Å². The summed E-state index contributed by atoms with van der Waals surface area (Å²) in [7, 11) is 0. The maximum Gasteiger partial charge on any atom is 0 e. The van der Waals surface area contributed by atoms with E-state index in [2.05, 4.69) is 0 Å². The van der Waals surface area contributed by atoms with Crippen LogP contribution in [0, 0.1) is 0 Å². The van der Waals surface area contributed by atoms with Gasteiger partial charge in [-0.25, -0.2) is 0 Å². The van der Waals surface area contributed by atoms with Gasteiger partial charge in [0.25, 0.3) is 0 Å². The molecule has 0 radical (unpaired) electrons. The molecule has 0 aromatic carbocycles. The van der Waals surface area contributed by atoms with Gasteiger partial charge in [0.15, 0.2) is 0 Å². The third kappa shape index (κ3) is 2220. The summed E-state index contributed by atoms with van der Waals surface area (Å²) in [4.78, 5) is 0. The molecule has 15 heavy (non-hydrogen) atoms. The second-order valence-corrected chi connectivity index (χ2v) is 0. The Morgan fingerprint density at radius 2 is 0.200 bits per heavy atom. The molecule has 0 aromatic heterocycles. The van der Waals surface area contributed by atoms with Crippen LogP contribution in [0.4, 0.5) is 0 Å². The molecule has 12 nitrogen and oxygen atoms in total. The number of rotatable bonds is 0. The van der Waals surface area contributed by atoms with Crippen molar-refractivity contribution in [3.63, 3.8) is 0 Å². The van der Waals surface area contributed by atoms with Crippen LogP contribution in [0.2, 0.25) is 0 Å². The summed E-state index contributed by atoms with van der Waals surface area (Å²) in [5, 5.41) is 0. The zero-order valence-electron chi connectivity index (χ0n) is 7.14. The van der Waals surface area contributed by atoms with Crippen LogP contribution in [0.5, 0.6) is 0 Å². The average molecular weight is 385 g/mol. The smallest absolute Gasteiger partial charge is 0 e. The van der Waals surface area contributed by atoms with Crippen molar-refractivity contribution in [1.82, 2.24) is 0 Å². The largest absolute Gasteiger partial charge is 0.457 e. The molecule has 0 aliphatic heterocycles. The summed E-state index contributed by atoms with van der Waals surface area (Å²) in [6.07, 6.45) is 0. The van der Waals surface area contributed by atoms with E-state index >= 15 is 0 Å². The first-order chi connectivity index (χ1) is 0. The third-order valence-electron chi connectivity index (χ3n) is 0. The van der Waals surface area contributed by atoms with Gasteiger partial charge < -0.3 is 65.7 Å². The standard InChI is InChI=1S/3Fe.12H2O/h;;;12*1H2/p+1. The van der Waals surface area contributed by atoms with Crippen molar-refractivity contribution >= 4 is 0 Å². The second-order valence-electron chi connectivity index (χ2n) is 0. The van der Waals surface area contributed by atoms with Gasteiger partial charge in [-0.15, -0.1) is 0 Å². The van der Waals surface area contributed by atoms with Gasteiger partial charge in [0.05, 0.1) is 0 Å². The monoisotopic (exact) mass is 385 g/mol. The van der Waals surface area contributed by atoms with E-state index in [4.69, 9.17) is 0 Å². The van der Waals surface area contributed by atoms with E-state index in [1.165, 1.54) is 0 Å². The van der Waals surface area contributed by atoms with Crippen molar-refractivity contribution in [2.24, 2.45) is 0 Å². The van der Waals surface area contributed by atoms with E-state index in [9.17, 15) is 0 Å². The van der Waals surface area contributed by atoms with E-state index < -0.39 is 0 Å². The predicted octanol–water partition coefficient (Wildman–Crippen LogP) is -10.0. The Morgan fingerprint density at radius 1 is 0.200 bits per heavy atom. The zero-order chi connectivity index (χ0) is 0. The van der Waals surface area contributed by atoms with E-state index in [0.29, 0.717) is 0 Å². The maximum atomic E-state index is 0. The van der Waals surface area contributed by atoms with E-state index in [1.54, 1.807) is 0 Å². The fourth-order valence-electron chi connectivity index (χ4n) is 0. The Hall–Kier alpha value is 1.08. The van der Waals surface area contributed by atoms with Crippen molar-refractivity contribution in [2.75, 3.05) is 0 Å². The van der Waals surface area contributed by atoms with Crippen LogP contribution in [-0.2, 0) is 56.7 Å². The van der Waals surface area contributed by atoms with E-state index in [0.717, 1.165) is 0 Å². The molecule has 0 amide bonds. The van der Waals surface area contributed by atoms with Crippen molar-refractivity contribution in [2.45, 2.75) is 0 Å². The molecule has 25 N–H and O–H groups in total. The van der Waals surface area contributed by atoms with Crippen molar-refractivity contribution in [3.8, 4) is 0 Å². The molecule has 0 saturated carbocycles. The summed E-state index contributed by atoms with van der Waals surface area (Å²) in [6.45, 7) is 0. The van der Waals surface area contributed by atoms with E-state index in [-0.39, 0.29) is 117 Å². The molecule has 0 aromatic rings. The van der Waals surface area contributed by atoms with Crippen molar-refractivity contribution in [3.05, 3.63) is 0 Å². The quantitative estimate of drug-likeness (QED) is 0.277. The second kappa shape index (κ2) is 2570. The topological polar surface area (TPSA) is 380 Å². The Balaban J connectivity index is 0. The van der Waals surface area contributed by atoms with Crippen molar-refractivity contribution < 1.29 is 117 Å². The molecule has 0 spiro atoms. The first-order valence-electron chi connectivity index (χ1n) is 0. The van der Waals surface area contributed by atoms with Crippen LogP contribution >= 0.6 is 0 Å². The van der Waals surface area contributed by atoms with Gasteiger partial charge in [0.2, 0.25) is 0 Å². The molecule has 0 bridgehead atoms. The predicted molar refractivity (Wildman–Crippen MR) is 44.6 cm³/mol. The Bertz CT molecular complexity index is 10.8.